The van der Waals surface area contributed by atoms with Crippen molar-refractivity contribution >= 4 is 23.4 Å². The molecule has 0 heterocycles. The van der Waals surface area contributed by atoms with Gasteiger partial charge in [-0.05, 0) is 29.8 Å². The molecule has 2 amide bonds. The van der Waals surface area contributed by atoms with Crippen LogP contribution >= 0.6 is 11.6 Å². The van der Waals surface area contributed by atoms with Gasteiger partial charge in [-0.25, -0.2) is 0 Å². The molecular formula is C14H11ClN2O2. The van der Waals surface area contributed by atoms with E-state index in [0.29, 0.717) is 16.1 Å². The monoisotopic (exact) mass is 274 g/mol. The van der Waals surface area contributed by atoms with Crippen LogP contribution in [0.25, 0.3) is 11.1 Å². The van der Waals surface area contributed by atoms with Crippen molar-refractivity contribution in [1.29, 1.82) is 0 Å². The molecule has 0 atom stereocenters. The van der Waals surface area contributed by atoms with E-state index in [-0.39, 0.29) is 11.1 Å². The van der Waals surface area contributed by atoms with E-state index < -0.39 is 11.8 Å². The number of primary amides is 2. The Morgan fingerprint density at radius 3 is 1.89 bits per heavy atom. The standard InChI is InChI=1S/C14H11ClN2O2/c15-9-4-1-3-8(7-9)12-10(13(16)18)5-2-6-11(12)14(17)19/h1-7H,(H2,16,18)(H2,17,19). The lowest BCUT2D eigenvalue weighted by molar-refractivity contribution is 0.0999. The summed E-state index contributed by atoms with van der Waals surface area (Å²) >= 11 is 5.93. The van der Waals surface area contributed by atoms with Crippen LogP contribution < -0.4 is 11.5 Å². The molecule has 5 heteroatoms. The van der Waals surface area contributed by atoms with Crippen molar-refractivity contribution in [2.24, 2.45) is 11.5 Å². The highest BCUT2D eigenvalue weighted by molar-refractivity contribution is 6.31. The molecule has 2 aromatic carbocycles. The van der Waals surface area contributed by atoms with Crippen LogP contribution in [0.5, 0.6) is 0 Å². The number of benzene rings is 2. The molecule has 0 bridgehead atoms. The van der Waals surface area contributed by atoms with E-state index in [9.17, 15) is 9.59 Å². The van der Waals surface area contributed by atoms with Crippen LogP contribution in [0, 0.1) is 0 Å². The van der Waals surface area contributed by atoms with Crippen LogP contribution in [0.3, 0.4) is 0 Å². The Kier molecular flexibility index (Phi) is 3.53. The number of amides is 2. The van der Waals surface area contributed by atoms with Gasteiger partial charge >= 0.3 is 0 Å². The molecule has 0 aliphatic rings. The summed E-state index contributed by atoms with van der Waals surface area (Å²) in [5.74, 6) is -1.25. The van der Waals surface area contributed by atoms with Gasteiger partial charge in [0.25, 0.3) is 0 Å². The first-order valence-electron chi connectivity index (χ1n) is 5.49. The highest BCUT2D eigenvalue weighted by Crippen LogP contribution is 2.29. The van der Waals surface area contributed by atoms with Crippen molar-refractivity contribution in [3.63, 3.8) is 0 Å². The Hall–Kier alpha value is -2.33. The van der Waals surface area contributed by atoms with Crippen molar-refractivity contribution in [3.05, 3.63) is 58.6 Å². The second-order valence-electron chi connectivity index (χ2n) is 3.97. The van der Waals surface area contributed by atoms with Gasteiger partial charge in [0, 0.05) is 21.7 Å². The van der Waals surface area contributed by atoms with Gasteiger partial charge in [0.15, 0.2) is 0 Å². The van der Waals surface area contributed by atoms with Gasteiger partial charge in [0.1, 0.15) is 0 Å². The quantitative estimate of drug-likeness (QED) is 0.899. The summed E-state index contributed by atoms with van der Waals surface area (Å²) in [6.07, 6.45) is 0. The topological polar surface area (TPSA) is 86.2 Å². The zero-order chi connectivity index (χ0) is 14.0. The number of hydrogen-bond donors (Lipinski definition) is 2. The number of rotatable bonds is 3. The molecule has 0 aromatic heterocycles. The fourth-order valence-electron chi connectivity index (χ4n) is 1.92. The Bertz CT molecular complexity index is 636. The summed E-state index contributed by atoms with van der Waals surface area (Å²) in [4.78, 5) is 23.0. The Morgan fingerprint density at radius 1 is 0.895 bits per heavy atom. The number of hydrogen-bond acceptors (Lipinski definition) is 2. The summed E-state index contributed by atoms with van der Waals surface area (Å²) in [7, 11) is 0. The molecule has 0 radical (unpaired) electrons. The smallest absolute Gasteiger partial charge is 0.249 e. The highest BCUT2D eigenvalue weighted by Gasteiger charge is 2.17. The minimum atomic E-state index is -0.627. The number of nitrogens with two attached hydrogens (primary N) is 2. The van der Waals surface area contributed by atoms with Crippen LogP contribution in [0.2, 0.25) is 5.02 Å². The van der Waals surface area contributed by atoms with Gasteiger partial charge in [-0.3, -0.25) is 9.59 Å². The second-order valence-corrected chi connectivity index (χ2v) is 4.40. The van der Waals surface area contributed by atoms with E-state index in [1.54, 1.807) is 42.5 Å². The predicted molar refractivity (Wildman–Crippen MR) is 73.9 cm³/mol. The minimum absolute atomic E-state index is 0.235. The highest BCUT2D eigenvalue weighted by atomic mass is 35.5. The van der Waals surface area contributed by atoms with Crippen molar-refractivity contribution in [2.75, 3.05) is 0 Å². The number of halogens is 1. The fourth-order valence-corrected chi connectivity index (χ4v) is 2.11. The van der Waals surface area contributed by atoms with Crippen LogP contribution in [0.1, 0.15) is 20.7 Å². The average Bonchev–Trinajstić information content (AvgIpc) is 2.37. The summed E-state index contributed by atoms with van der Waals surface area (Å²) in [5, 5.41) is 0.493. The molecule has 4 nitrogen and oxygen atoms in total. The lowest BCUT2D eigenvalue weighted by atomic mass is 9.93. The van der Waals surface area contributed by atoms with E-state index >= 15 is 0 Å². The molecule has 0 fully saturated rings. The van der Waals surface area contributed by atoms with E-state index in [4.69, 9.17) is 23.1 Å². The van der Waals surface area contributed by atoms with E-state index in [2.05, 4.69) is 0 Å². The van der Waals surface area contributed by atoms with Crippen molar-refractivity contribution in [1.82, 2.24) is 0 Å². The van der Waals surface area contributed by atoms with Gasteiger partial charge in [0.05, 0.1) is 0 Å². The summed E-state index contributed by atoms with van der Waals surface area (Å²) in [6.45, 7) is 0. The maximum atomic E-state index is 11.5. The Morgan fingerprint density at radius 2 is 1.42 bits per heavy atom. The Balaban J connectivity index is 2.79. The molecule has 2 aromatic rings. The molecule has 0 aliphatic heterocycles. The fraction of sp³-hybridized carbons (Fsp3) is 0. The number of carbonyl (C=O) groups excluding carboxylic acids is 2. The molecule has 4 N–H and O–H groups in total. The van der Waals surface area contributed by atoms with E-state index in [0.717, 1.165) is 0 Å². The third-order valence-corrected chi connectivity index (χ3v) is 2.94. The van der Waals surface area contributed by atoms with Crippen molar-refractivity contribution in [3.8, 4) is 11.1 Å². The maximum absolute atomic E-state index is 11.5. The first-order valence-corrected chi connectivity index (χ1v) is 5.87. The van der Waals surface area contributed by atoms with Crippen LogP contribution in [0.15, 0.2) is 42.5 Å². The SMILES string of the molecule is NC(=O)c1cccc(C(N)=O)c1-c1cccc(Cl)c1. The van der Waals surface area contributed by atoms with Gasteiger partial charge in [-0.15, -0.1) is 0 Å². The zero-order valence-electron chi connectivity index (χ0n) is 9.89. The maximum Gasteiger partial charge on any atom is 0.249 e. The van der Waals surface area contributed by atoms with Gasteiger partial charge in [0.2, 0.25) is 11.8 Å². The largest absolute Gasteiger partial charge is 0.366 e. The molecule has 19 heavy (non-hydrogen) atoms. The summed E-state index contributed by atoms with van der Waals surface area (Å²) in [6, 6.07) is 11.5. The van der Waals surface area contributed by atoms with E-state index in [1.165, 1.54) is 0 Å². The average molecular weight is 275 g/mol. The normalized spacial score (nSPS) is 10.2. The van der Waals surface area contributed by atoms with Gasteiger partial charge < -0.3 is 11.5 Å². The molecule has 96 valence electrons. The van der Waals surface area contributed by atoms with E-state index in [1.807, 2.05) is 0 Å². The molecule has 2 rings (SSSR count). The predicted octanol–water partition coefficient (Wildman–Crippen LogP) is 2.20. The van der Waals surface area contributed by atoms with Gasteiger partial charge in [-0.1, -0.05) is 29.8 Å². The van der Waals surface area contributed by atoms with Crippen molar-refractivity contribution in [2.45, 2.75) is 0 Å². The third-order valence-electron chi connectivity index (χ3n) is 2.71. The molecule has 0 saturated heterocycles. The molecule has 0 aliphatic carbocycles. The van der Waals surface area contributed by atoms with Crippen LogP contribution in [-0.4, -0.2) is 11.8 Å². The zero-order valence-corrected chi connectivity index (χ0v) is 10.6. The first kappa shape index (κ1) is 13.1. The van der Waals surface area contributed by atoms with Crippen LogP contribution in [0.4, 0.5) is 0 Å². The summed E-state index contributed by atoms with van der Waals surface area (Å²) in [5.41, 5.74) is 12.2. The lowest BCUT2D eigenvalue weighted by Gasteiger charge is -2.11. The molecule has 0 saturated carbocycles. The second kappa shape index (κ2) is 5.12. The van der Waals surface area contributed by atoms with Crippen LogP contribution in [-0.2, 0) is 0 Å². The van der Waals surface area contributed by atoms with Gasteiger partial charge in [-0.2, -0.15) is 0 Å². The molecular weight excluding hydrogens is 264 g/mol. The Labute approximate surface area is 115 Å². The van der Waals surface area contributed by atoms with Crippen molar-refractivity contribution < 1.29 is 9.59 Å². The molecule has 0 unspecified atom stereocenters. The lowest BCUT2D eigenvalue weighted by Crippen LogP contribution is -2.18. The first-order chi connectivity index (χ1) is 9.00. The minimum Gasteiger partial charge on any atom is -0.366 e. The third kappa shape index (κ3) is 2.58. The summed E-state index contributed by atoms with van der Waals surface area (Å²) < 4.78 is 0. The number of carbonyl (C=O) groups is 2. The molecule has 0 spiro atoms.